The Bertz CT molecular complexity index is 468. The molecule has 0 aromatic heterocycles. The van der Waals surface area contributed by atoms with Gasteiger partial charge in [-0.25, -0.2) is 0 Å². The van der Waals surface area contributed by atoms with Crippen LogP contribution in [0.1, 0.15) is 25.3 Å². The summed E-state index contributed by atoms with van der Waals surface area (Å²) in [4.78, 5) is 14.1. The van der Waals surface area contributed by atoms with Crippen LogP contribution in [0.15, 0.2) is 36.4 Å². The minimum atomic E-state index is 0.211. The predicted molar refractivity (Wildman–Crippen MR) is 79.4 cm³/mol. The van der Waals surface area contributed by atoms with E-state index in [1.54, 1.807) is 0 Å². The molecule has 1 aromatic rings. The van der Waals surface area contributed by atoms with Gasteiger partial charge in [0.1, 0.15) is 0 Å². The summed E-state index contributed by atoms with van der Waals surface area (Å²) in [5.41, 5.74) is 3.37. The second kappa shape index (κ2) is 6.53. The first-order valence-corrected chi connectivity index (χ1v) is 6.98. The first kappa shape index (κ1) is 13.8. The molecule has 0 unspecified atom stereocenters. The summed E-state index contributed by atoms with van der Waals surface area (Å²) >= 11 is 0. The minimum Gasteiger partial charge on any atom is -0.313 e. The number of benzene rings is 1. The largest absolute Gasteiger partial charge is 0.313 e. The zero-order valence-corrected chi connectivity index (χ0v) is 11.6. The van der Waals surface area contributed by atoms with Crippen LogP contribution in [0.5, 0.6) is 0 Å². The molecule has 0 atom stereocenters. The van der Waals surface area contributed by atoms with Crippen LogP contribution in [-0.4, -0.2) is 25.5 Å². The molecule has 0 saturated heterocycles. The normalized spacial score (nSPS) is 15.0. The summed E-state index contributed by atoms with van der Waals surface area (Å²) in [7, 11) is 0. The molecule has 102 valence electrons. The maximum Gasteiger partial charge on any atom is 0.227 e. The van der Waals surface area contributed by atoms with Gasteiger partial charge in [0.15, 0.2) is 0 Å². The van der Waals surface area contributed by atoms with Crippen molar-refractivity contribution in [2.75, 3.05) is 24.5 Å². The molecule has 19 heavy (non-hydrogen) atoms. The van der Waals surface area contributed by atoms with E-state index in [9.17, 15) is 4.79 Å². The molecule has 0 aliphatic carbocycles. The third-order valence-corrected chi connectivity index (χ3v) is 3.43. The van der Waals surface area contributed by atoms with Crippen LogP contribution >= 0.6 is 0 Å². The van der Waals surface area contributed by atoms with E-state index in [1.165, 1.54) is 5.56 Å². The molecule has 3 nitrogen and oxygen atoms in total. The molecule has 0 bridgehead atoms. The van der Waals surface area contributed by atoms with Crippen molar-refractivity contribution in [3.63, 3.8) is 0 Å². The van der Waals surface area contributed by atoms with E-state index in [0.29, 0.717) is 13.0 Å². The first-order chi connectivity index (χ1) is 9.22. The van der Waals surface area contributed by atoms with Crippen molar-refractivity contribution in [1.82, 2.24) is 5.32 Å². The lowest BCUT2D eigenvalue weighted by Gasteiger charge is -2.24. The lowest BCUT2D eigenvalue weighted by Crippen LogP contribution is -2.34. The Labute approximate surface area is 115 Å². The molecule has 1 aliphatic heterocycles. The molecule has 1 N–H and O–H groups in total. The van der Waals surface area contributed by atoms with Gasteiger partial charge in [-0.15, -0.1) is 0 Å². The number of amides is 1. The van der Waals surface area contributed by atoms with Gasteiger partial charge >= 0.3 is 0 Å². The fourth-order valence-corrected chi connectivity index (χ4v) is 2.44. The van der Waals surface area contributed by atoms with Gasteiger partial charge in [0.2, 0.25) is 5.91 Å². The van der Waals surface area contributed by atoms with Gasteiger partial charge in [-0.3, -0.25) is 4.79 Å². The second-order valence-corrected chi connectivity index (χ2v) is 4.99. The Morgan fingerprint density at radius 3 is 2.95 bits per heavy atom. The molecular formula is C16H22N2O. The number of rotatable bonds is 5. The highest BCUT2D eigenvalue weighted by atomic mass is 16.2. The molecular weight excluding hydrogens is 236 g/mol. The van der Waals surface area contributed by atoms with Crippen molar-refractivity contribution < 1.29 is 4.79 Å². The van der Waals surface area contributed by atoms with E-state index in [-0.39, 0.29) is 5.91 Å². The van der Waals surface area contributed by atoms with E-state index in [4.69, 9.17) is 0 Å². The number of hydrogen-bond donors (Lipinski definition) is 1. The van der Waals surface area contributed by atoms with Gasteiger partial charge in [0.05, 0.1) is 0 Å². The number of anilines is 1. The highest BCUT2D eigenvalue weighted by Crippen LogP contribution is 2.27. The highest BCUT2D eigenvalue weighted by molar-refractivity contribution is 5.95. The van der Waals surface area contributed by atoms with Crippen LogP contribution in [0.4, 0.5) is 5.69 Å². The summed E-state index contributed by atoms with van der Waals surface area (Å²) in [6, 6.07) is 8.20. The van der Waals surface area contributed by atoms with E-state index >= 15 is 0 Å². The molecule has 0 radical (unpaired) electrons. The summed E-state index contributed by atoms with van der Waals surface area (Å²) in [5, 5.41) is 3.25. The van der Waals surface area contributed by atoms with Crippen molar-refractivity contribution in [2.45, 2.75) is 26.2 Å². The van der Waals surface area contributed by atoms with Crippen LogP contribution in [0.3, 0.4) is 0 Å². The number of nitrogens with zero attached hydrogens (tertiary/aromatic N) is 1. The maximum atomic E-state index is 12.3. The molecule has 0 saturated carbocycles. The first-order valence-electron chi connectivity index (χ1n) is 6.98. The molecule has 0 spiro atoms. The Balaban J connectivity index is 2.17. The van der Waals surface area contributed by atoms with E-state index < -0.39 is 0 Å². The number of para-hydroxylation sites is 1. The highest BCUT2D eigenvalue weighted by Gasteiger charge is 2.21. The minimum absolute atomic E-state index is 0.211. The van der Waals surface area contributed by atoms with E-state index in [0.717, 1.165) is 37.2 Å². The average molecular weight is 258 g/mol. The topological polar surface area (TPSA) is 32.3 Å². The quantitative estimate of drug-likeness (QED) is 0.823. The number of carbonyl (C=O) groups excluding carboxylic acids is 1. The number of fused-ring (bicyclic) bond motifs is 1. The molecule has 2 rings (SSSR count). The SMILES string of the molecule is C=C(CNCC)CN1C(=O)CCCc2ccccc21. The van der Waals surface area contributed by atoms with Gasteiger partial charge in [0.25, 0.3) is 0 Å². The van der Waals surface area contributed by atoms with Crippen LogP contribution in [0.2, 0.25) is 0 Å². The fraction of sp³-hybridized carbons (Fsp3) is 0.438. The van der Waals surface area contributed by atoms with Crippen LogP contribution in [0.25, 0.3) is 0 Å². The fourth-order valence-electron chi connectivity index (χ4n) is 2.44. The lowest BCUT2D eigenvalue weighted by atomic mass is 10.1. The van der Waals surface area contributed by atoms with Crippen molar-refractivity contribution in [3.05, 3.63) is 42.0 Å². The predicted octanol–water partition coefficient (Wildman–Crippen LogP) is 2.52. The summed E-state index contributed by atoms with van der Waals surface area (Å²) in [5.74, 6) is 0.211. The number of likely N-dealkylation sites (N-methyl/N-ethyl adjacent to an activating group) is 1. The van der Waals surface area contributed by atoms with E-state index in [1.807, 2.05) is 23.1 Å². The zero-order valence-electron chi connectivity index (χ0n) is 11.6. The van der Waals surface area contributed by atoms with Gasteiger partial charge in [-0.1, -0.05) is 31.7 Å². The average Bonchev–Trinajstić information content (AvgIpc) is 2.57. The molecule has 1 heterocycles. The van der Waals surface area contributed by atoms with E-state index in [2.05, 4.69) is 24.9 Å². The van der Waals surface area contributed by atoms with Crippen LogP contribution < -0.4 is 10.2 Å². The zero-order chi connectivity index (χ0) is 13.7. The Kier molecular flexibility index (Phi) is 4.74. The number of carbonyl (C=O) groups is 1. The van der Waals surface area contributed by atoms with Gasteiger partial charge in [0, 0.05) is 25.2 Å². The van der Waals surface area contributed by atoms with Gasteiger partial charge in [-0.2, -0.15) is 0 Å². The summed E-state index contributed by atoms with van der Waals surface area (Å²) < 4.78 is 0. The monoisotopic (exact) mass is 258 g/mol. The number of aryl methyl sites for hydroxylation is 1. The second-order valence-electron chi connectivity index (χ2n) is 4.99. The molecule has 1 aromatic carbocycles. The number of nitrogens with one attached hydrogen (secondary N) is 1. The molecule has 0 fully saturated rings. The smallest absolute Gasteiger partial charge is 0.227 e. The van der Waals surface area contributed by atoms with Crippen molar-refractivity contribution in [2.24, 2.45) is 0 Å². The van der Waals surface area contributed by atoms with Gasteiger partial charge < -0.3 is 10.2 Å². The van der Waals surface area contributed by atoms with Gasteiger partial charge in [-0.05, 0) is 36.6 Å². The molecule has 1 amide bonds. The molecule has 3 heteroatoms. The third-order valence-electron chi connectivity index (χ3n) is 3.43. The third kappa shape index (κ3) is 3.44. The van der Waals surface area contributed by atoms with Crippen molar-refractivity contribution in [3.8, 4) is 0 Å². The standard InChI is InChI=1S/C16H22N2O/c1-3-17-11-13(2)12-18-15-9-5-4-7-14(15)8-6-10-16(18)19/h4-5,7,9,17H,2-3,6,8,10-12H2,1H3. The summed E-state index contributed by atoms with van der Waals surface area (Å²) in [6.07, 6.45) is 2.55. The number of hydrogen-bond acceptors (Lipinski definition) is 2. The Hall–Kier alpha value is -1.61. The van der Waals surface area contributed by atoms with Crippen LogP contribution in [0, 0.1) is 0 Å². The Morgan fingerprint density at radius 1 is 1.37 bits per heavy atom. The summed E-state index contributed by atoms with van der Waals surface area (Å²) in [6.45, 7) is 8.44. The maximum absolute atomic E-state index is 12.3. The Morgan fingerprint density at radius 2 is 2.16 bits per heavy atom. The molecule has 1 aliphatic rings. The van der Waals surface area contributed by atoms with Crippen molar-refractivity contribution in [1.29, 1.82) is 0 Å². The van der Waals surface area contributed by atoms with Crippen molar-refractivity contribution >= 4 is 11.6 Å². The van der Waals surface area contributed by atoms with Crippen LogP contribution in [-0.2, 0) is 11.2 Å². The lowest BCUT2D eigenvalue weighted by molar-refractivity contribution is -0.118.